The number of rotatable bonds is 3. The average molecular weight is 292 g/mol. The lowest BCUT2D eigenvalue weighted by Gasteiger charge is -2.21. The van der Waals surface area contributed by atoms with Gasteiger partial charge in [0.2, 0.25) is 0 Å². The van der Waals surface area contributed by atoms with Crippen molar-refractivity contribution in [2.24, 2.45) is 5.92 Å². The molecule has 90 valence electrons. The zero-order valence-corrected chi connectivity index (χ0v) is 12.1. The standard InChI is InChI=1S/C15H18BrN/c1-10(2)15(17-3)13-5-4-12-9-14(16)7-6-11(12)8-13/h4-10,15,17H,1-3H3. The quantitative estimate of drug-likeness (QED) is 0.877. The van der Waals surface area contributed by atoms with E-state index in [1.54, 1.807) is 0 Å². The van der Waals surface area contributed by atoms with Crippen LogP contribution in [-0.4, -0.2) is 7.05 Å². The van der Waals surface area contributed by atoms with E-state index in [0.717, 1.165) is 4.47 Å². The Morgan fingerprint density at radius 3 is 2.29 bits per heavy atom. The second-order valence-corrected chi connectivity index (χ2v) is 5.68. The van der Waals surface area contributed by atoms with Crippen molar-refractivity contribution in [3.05, 3.63) is 46.4 Å². The summed E-state index contributed by atoms with van der Waals surface area (Å²) in [5, 5.41) is 5.96. The summed E-state index contributed by atoms with van der Waals surface area (Å²) in [5.41, 5.74) is 1.36. The van der Waals surface area contributed by atoms with E-state index in [9.17, 15) is 0 Å². The maximum absolute atomic E-state index is 3.50. The van der Waals surface area contributed by atoms with E-state index in [-0.39, 0.29) is 0 Å². The normalized spacial score (nSPS) is 13.2. The van der Waals surface area contributed by atoms with Gasteiger partial charge in [-0.15, -0.1) is 0 Å². The first kappa shape index (κ1) is 12.6. The van der Waals surface area contributed by atoms with Gasteiger partial charge < -0.3 is 5.32 Å². The Bertz CT molecular complexity index is 519. The number of halogens is 1. The smallest absolute Gasteiger partial charge is 0.0341 e. The summed E-state index contributed by atoms with van der Waals surface area (Å²) in [6, 6.07) is 13.5. The summed E-state index contributed by atoms with van der Waals surface area (Å²) in [6.07, 6.45) is 0. The number of benzene rings is 2. The van der Waals surface area contributed by atoms with E-state index in [4.69, 9.17) is 0 Å². The zero-order chi connectivity index (χ0) is 12.4. The highest BCUT2D eigenvalue weighted by molar-refractivity contribution is 9.10. The molecule has 1 nitrogen and oxygen atoms in total. The minimum atomic E-state index is 0.419. The second-order valence-electron chi connectivity index (χ2n) is 4.76. The van der Waals surface area contributed by atoms with Gasteiger partial charge in [0.05, 0.1) is 0 Å². The first-order valence-corrected chi connectivity index (χ1v) is 6.77. The molecule has 2 heteroatoms. The van der Waals surface area contributed by atoms with Crippen molar-refractivity contribution < 1.29 is 0 Å². The molecule has 1 atom stereocenters. The van der Waals surface area contributed by atoms with Crippen molar-refractivity contribution >= 4 is 26.7 Å². The SMILES string of the molecule is CNC(c1ccc2cc(Br)ccc2c1)C(C)C. The summed E-state index contributed by atoms with van der Waals surface area (Å²) in [4.78, 5) is 0. The van der Waals surface area contributed by atoms with Gasteiger partial charge in [-0.3, -0.25) is 0 Å². The maximum atomic E-state index is 3.50. The lowest BCUT2D eigenvalue weighted by atomic mass is 9.94. The van der Waals surface area contributed by atoms with Crippen LogP contribution < -0.4 is 5.32 Å². The molecule has 0 aliphatic rings. The molecule has 0 bridgehead atoms. The highest BCUT2D eigenvalue weighted by Crippen LogP contribution is 2.26. The van der Waals surface area contributed by atoms with Crippen LogP contribution in [0.25, 0.3) is 10.8 Å². The Labute approximate surface area is 111 Å². The third kappa shape index (κ3) is 2.70. The van der Waals surface area contributed by atoms with Crippen molar-refractivity contribution in [1.29, 1.82) is 0 Å². The molecule has 1 N–H and O–H groups in total. The van der Waals surface area contributed by atoms with Gasteiger partial charge in [0.15, 0.2) is 0 Å². The molecule has 0 saturated carbocycles. The third-order valence-electron chi connectivity index (χ3n) is 3.16. The van der Waals surface area contributed by atoms with Crippen molar-refractivity contribution in [2.45, 2.75) is 19.9 Å². The minimum absolute atomic E-state index is 0.419. The van der Waals surface area contributed by atoms with Crippen LogP contribution in [0.15, 0.2) is 40.9 Å². The van der Waals surface area contributed by atoms with E-state index < -0.39 is 0 Å². The Morgan fingerprint density at radius 2 is 1.65 bits per heavy atom. The zero-order valence-electron chi connectivity index (χ0n) is 10.5. The molecule has 0 aliphatic carbocycles. The largest absolute Gasteiger partial charge is 0.313 e. The molecule has 0 radical (unpaired) electrons. The molecule has 0 fully saturated rings. The maximum Gasteiger partial charge on any atom is 0.0341 e. The topological polar surface area (TPSA) is 12.0 Å². The summed E-state index contributed by atoms with van der Waals surface area (Å²) in [5.74, 6) is 0.591. The highest BCUT2D eigenvalue weighted by Gasteiger charge is 2.13. The van der Waals surface area contributed by atoms with E-state index in [1.807, 2.05) is 7.05 Å². The molecule has 0 saturated heterocycles. The molecular formula is C15H18BrN. The summed E-state index contributed by atoms with van der Waals surface area (Å²) in [6.45, 7) is 4.49. The van der Waals surface area contributed by atoms with E-state index in [0.29, 0.717) is 12.0 Å². The Hall–Kier alpha value is -0.860. The van der Waals surface area contributed by atoms with Crippen LogP contribution in [0, 0.1) is 5.92 Å². The van der Waals surface area contributed by atoms with Gasteiger partial charge in [-0.05, 0) is 47.5 Å². The molecule has 0 amide bonds. The Balaban J connectivity index is 2.47. The van der Waals surface area contributed by atoms with Gasteiger partial charge in [0.25, 0.3) is 0 Å². The van der Waals surface area contributed by atoms with Crippen molar-refractivity contribution in [2.75, 3.05) is 7.05 Å². The number of nitrogens with one attached hydrogen (secondary N) is 1. The highest BCUT2D eigenvalue weighted by atomic mass is 79.9. The predicted octanol–water partition coefficient (Wildman–Crippen LogP) is 4.52. The van der Waals surface area contributed by atoms with Gasteiger partial charge in [-0.2, -0.15) is 0 Å². The molecule has 0 aliphatic heterocycles. The van der Waals surface area contributed by atoms with E-state index in [2.05, 4.69) is 71.5 Å². The van der Waals surface area contributed by atoms with Crippen LogP contribution in [0.5, 0.6) is 0 Å². The minimum Gasteiger partial charge on any atom is -0.313 e. The van der Waals surface area contributed by atoms with Crippen LogP contribution in [0.1, 0.15) is 25.5 Å². The molecule has 0 spiro atoms. The molecule has 0 aromatic heterocycles. The predicted molar refractivity (Wildman–Crippen MR) is 78.3 cm³/mol. The molecule has 2 aromatic carbocycles. The Kier molecular flexibility index (Phi) is 3.85. The van der Waals surface area contributed by atoms with Crippen molar-refractivity contribution in [3.63, 3.8) is 0 Å². The van der Waals surface area contributed by atoms with E-state index in [1.165, 1.54) is 16.3 Å². The average Bonchev–Trinajstić information content (AvgIpc) is 2.29. The Morgan fingerprint density at radius 1 is 1.00 bits per heavy atom. The fourth-order valence-electron chi connectivity index (χ4n) is 2.31. The lowest BCUT2D eigenvalue weighted by molar-refractivity contribution is 0.443. The first-order valence-electron chi connectivity index (χ1n) is 5.98. The third-order valence-corrected chi connectivity index (χ3v) is 3.66. The number of hydrogen-bond donors (Lipinski definition) is 1. The molecule has 1 unspecified atom stereocenters. The fourth-order valence-corrected chi connectivity index (χ4v) is 2.69. The van der Waals surface area contributed by atoms with Crippen LogP contribution in [0.2, 0.25) is 0 Å². The van der Waals surface area contributed by atoms with Crippen LogP contribution >= 0.6 is 15.9 Å². The van der Waals surface area contributed by atoms with Gasteiger partial charge in [0, 0.05) is 10.5 Å². The lowest BCUT2D eigenvalue weighted by Crippen LogP contribution is -2.21. The first-order chi connectivity index (χ1) is 8.11. The molecule has 2 aromatic rings. The van der Waals surface area contributed by atoms with Gasteiger partial charge in [-0.1, -0.05) is 48.0 Å². The van der Waals surface area contributed by atoms with Gasteiger partial charge in [0.1, 0.15) is 0 Å². The number of hydrogen-bond acceptors (Lipinski definition) is 1. The van der Waals surface area contributed by atoms with Gasteiger partial charge in [-0.25, -0.2) is 0 Å². The fraction of sp³-hybridized carbons (Fsp3) is 0.333. The molecule has 17 heavy (non-hydrogen) atoms. The van der Waals surface area contributed by atoms with Crippen molar-refractivity contribution in [1.82, 2.24) is 5.32 Å². The number of fused-ring (bicyclic) bond motifs is 1. The van der Waals surface area contributed by atoms with Crippen LogP contribution in [0.3, 0.4) is 0 Å². The monoisotopic (exact) mass is 291 g/mol. The van der Waals surface area contributed by atoms with Crippen LogP contribution in [-0.2, 0) is 0 Å². The molecular weight excluding hydrogens is 274 g/mol. The summed E-state index contributed by atoms with van der Waals surface area (Å²) >= 11 is 3.50. The van der Waals surface area contributed by atoms with Gasteiger partial charge >= 0.3 is 0 Å². The summed E-state index contributed by atoms with van der Waals surface area (Å²) in [7, 11) is 2.02. The summed E-state index contributed by atoms with van der Waals surface area (Å²) < 4.78 is 1.13. The molecule has 2 rings (SSSR count). The van der Waals surface area contributed by atoms with Crippen LogP contribution in [0.4, 0.5) is 0 Å². The molecule has 0 heterocycles. The van der Waals surface area contributed by atoms with E-state index >= 15 is 0 Å². The second kappa shape index (κ2) is 5.19. The van der Waals surface area contributed by atoms with Crippen molar-refractivity contribution in [3.8, 4) is 0 Å².